The second kappa shape index (κ2) is 6.69. The van der Waals surface area contributed by atoms with Gasteiger partial charge in [0.1, 0.15) is 17.2 Å². The first-order chi connectivity index (χ1) is 11.1. The van der Waals surface area contributed by atoms with Crippen molar-refractivity contribution < 1.29 is 18.7 Å². The molecule has 5 heteroatoms. The first-order valence-electron chi connectivity index (χ1n) is 7.66. The number of hydrogen-bond donors (Lipinski definition) is 2. The number of hydrogen-bond acceptors (Lipinski definition) is 2. The van der Waals surface area contributed by atoms with E-state index in [9.17, 15) is 18.7 Å². The molecule has 2 aromatic carbocycles. The monoisotopic (exact) mass is 333 g/mol. The lowest BCUT2D eigenvalue weighted by molar-refractivity contribution is 0.0494. The van der Waals surface area contributed by atoms with Crippen molar-refractivity contribution in [3.63, 3.8) is 0 Å². The number of benzene rings is 2. The zero-order chi connectivity index (χ0) is 18.1. The highest BCUT2D eigenvalue weighted by atomic mass is 19.1. The lowest BCUT2D eigenvalue weighted by Crippen LogP contribution is -2.39. The largest absolute Gasteiger partial charge is 0.383 e. The van der Waals surface area contributed by atoms with Crippen LogP contribution in [0.25, 0.3) is 0 Å². The van der Waals surface area contributed by atoms with Crippen LogP contribution in [0.4, 0.5) is 8.78 Å². The minimum Gasteiger partial charge on any atom is -0.383 e. The number of carbonyl (C=O) groups is 1. The molecule has 128 valence electrons. The lowest BCUT2D eigenvalue weighted by atomic mass is 9.94. The van der Waals surface area contributed by atoms with Gasteiger partial charge in [-0.25, -0.2) is 8.78 Å². The molecule has 0 radical (unpaired) electrons. The van der Waals surface area contributed by atoms with E-state index in [0.717, 1.165) is 22.8 Å². The fourth-order valence-electron chi connectivity index (χ4n) is 2.90. The molecule has 0 fully saturated rings. The molecule has 0 saturated heterocycles. The van der Waals surface area contributed by atoms with Gasteiger partial charge >= 0.3 is 0 Å². The SMILES string of the molecule is Cc1cc(C)c(C(=O)NCC(C)(O)c2ccc(F)cc2F)c(C)c1. The Balaban J connectivity index is 2.19. The number of carbonyl (C=O) groups excluding carboxylic acids is 1. The van der Waals surface area contributed by atoms with Gasteiger partial charge in [-0.15, -0.1) is 0 Å². The standard InChI is InChI=1S/C19H21F2NO2/c1-11-7-12(2)17(13(3)8-11)18(23)22-10-19(4,24)15-6-5-14(20)9-16(15)21/h5-9,24H,10H2,1-4H3,(H,22,23). The highest BCUT2D eigenvalue weighted by Crippen LogP contribution is 2.24. The summed E-state index contributed by atoms with van der Waals surface area (Å²) in [4.78, 5) is 12.4. The number of nitrogens with one attached hydrogen (secondary N) is 1. The van der Waals surface area contributed by atoms with Crippen molar-refractivity contribution in [2.75, 3.05) is 6.54 Å². The molecule has 1 unspecified atom stereocenters. The molecule has 0 aliphatic heterocycles. The molecular formula is C19H21F2NO2. The van der Waals surface area contributed by atoms with E-state index in [2.05, 4.69) is 5.32 Å². The van der Waals surface area contributed by atoms with Gasteiger partial charge in [0, 0.05) is 17.2 Å². The minimum absolute atomic E-state index is 0.0680. The molecule has 24 heavy (non-hydrogen) atoms. The molecular weight excluding hydrogens is 312 g/mol. The summed E-state index contributed by atoms with van der Waals surface area (Å²) in [6.07, 6.45) is 0. The summed E-state index contributed by atoms with van der Waals surface area (Å²) < 4.78 is 26.9. The Hall–Kier alpha value is -2.27. The molecule has 1 atom stereocenters. The van der Waals surface area contributed by atoms with Crippen LogP contribution in [0.2, 0.25) is 0 Å². The highest BCUT2D eigenvalue weighted by molar-refractivity contribution is 5.97. The Labute approximate surface area is 140 Å². The molecule has 0 heterocycles. The van der Waals surface area contributed by atoms with E-state index in [1.165, 1.54) is 13.0 Å². The van der Waals surface area contributed by atoms with Crippen molar-refractivity contribution in [1.29, 1.82) is 0 Å². The van der Waals surface area contributed by atoms with E-state index in [0.29, 0.717) is 11.6 Å². The third-order valence-corrected chi connectivity index (χ3v) is 4.01. The smallest absolute Gasteiger partial charge is 0.251 e. The summed E-state index contributed by atoms with van der Waals surface area (Å²) in [5.74, 6) is -1.91. The summed E-state index contributed by atoms with van der Waals surface area (Å²) in [7, 11) is 0. The molecule has 1 amide bonds. The molecule has 3 nitrogen and oxygen atoms in total. The van der Waals surface area contributed by atoms with Crippen LogP contribution in [-0.4, -0.2) is 17.6 Å². The van der Waals surface area contributed by atoms with Gasteiger partial charge in [-0.05, 0) is 44.9 Å². The first-order valence-corrected chi connectivity index (χ1v) is 7.66. The molecule has 2 aromatic rings. The van der Waals surface area contributed by atoms with Crippen molar-refractivity contribution in [2.45, 2.75) is 33.3 Å². The summed E-state index contributed by atoms with van der Waals surface area (Å²) in [5, 5.41) is 13.1. The van der Waals surface area contributed by atoms with Crippen LogP contribution in [0.15, 0.2) is 30.3 Å². The fraction of sp³-hybridized carbons (Fsp3) is 0.316. The van der Waals surface area contributed by atoms with Crippen molar-refractivity contribution in [3.05, 3.63) is 69.8 Å². The lowest BCUT2D eigenvalue weighted by Gasteiger charge is -2.25. The van der Waals surface area contributed by atoms with E-state index in [1.54, 1.807) is 0 Å². The van der Waals surface area contributed by atoms with Gasteiger partial charge in [0.2, 0.25) is 0 Å². The van der Waals surface area contributed by atoms with Crippen molar-refractivity contribution in [3.8, 4) is 0 Å². The molecule has 0 spiro atoms. The minimum atomic E-state index is -1.65. The van der Waals surface area contributed by atoms with Crippen LogP contribution in [-0.2, 0) is 5.60 Å². The Morgan fingerprint density at radius 3 is 2.25 bits per heavy atom. The van der Waals surface area contributed by atoms with Gasteiger partial charge in [0.15, 0.2) is 0 Å². The van der Waals surface area contributed by atoms with Crippen LogP contribution in [0.3, 0.4) is 0 Å². The van der Waals surface area contributed by atoms with Crippen LogP contribution < -0.4 is 5.32 Å². The quantitative estimate of drug-likeness (QED) is 0.899. The van der Waals surface area contributed by atoms with Gasteiger partial charge in [-0.1, -0.05) is 23.8 Å². The van der Waals surface area contributed by atoms with Crippen LogP contribution in [0.5, 0.6) is 0 Å². The van der Waals surface area contributed by atoms with Gasteiger partial charge < -0.3 is 10.4 Å². The second-order valence-electron chi connectivity index (χ2n) is 6.35. The molecule has 2 rings (SSSR count). The highest BCUT2D eigenvalue weighted by Gasteiger charge is 2.28. The average molecular weight is 333 g/mol. The Morgan fingerprint density at radius 2 is 1.71 bits per heavy atom. The van der Waals surface area contributed by atoms with E-state index in [-0.39, 0.29) is 18.0 Å². The van der Waals surface area contributed by atoms with Crippen molar-refractivity contribution >= 4 is 5.91 Å². The number of rotatable bonds is 4. The first kappa shape index (κ1) is 18.1. The fourth-order valence-corrected chi connectivity index (χ4v) is 2.90. The van der Waals surface area contributed by atoms with E-state index >= 15 is 0 Å². The Morgan fingerprint density at radius 1 is 1.12 bits per heavy atom. The van der Waals surface area contributed by atoms with E-state index in [1.807, 2.05) is 32.9 Å². The van der Waals surface area contributed by atoms with Crippen molar-refractivity contribution in [2.24, 2.45) is 0 Å². The maximum absolute atomic E-state index is 13.9. The van der Waals surface area contributed by atoms with Crippen LogP contribution in [0.1, 0.15) is 39.5 Å². The maximum Gasteiger partial charge on any atom is 0.251 e. The predicted octanol–water partition coefficient (Wildman–Crippen LogP) is 3.53. The second-order valence-corrected chi connectivity index (χ2v) is 6.35. The Bertz CT molecular complexity index is 762. The molecule has 0 aliphatic carbocycles. The summed E-state index contributed by atoms with van der Waals surface area (Å²) in [6, 6.07) is 6.77. The third-order valence-electron chi connectivity index (χ3n) is 4.01. The number of aliphatic hydroxyl groups is 1. The molecule has 0 aliphatic rings. The predicted molar refractivity (Wildman–Crippen MR) is 88.9 cm³/mol. The Kier molecular flexibility index (Phi) is 5.04. The number of halogens is 2. The zero-order valence-corrected chi connectivity index (χ0v) is 14.2. The van der Waals surface area contributed by atoms with Gasteiger partial charge in [0.25, 0.3) is 5.91 Å². The van der Waals surface area contributed by atoms with E-state index < -0.39 is 17.2 Å². The van der Waals surface area contributed by atoms with Crippen LogP contribution >= 0.6 is 0 Å². The molecule has 0 saturated carbocycles. The van der Waals surface area contributed by atoms with Gasteiger partial charge in [-0.3, -0.25) is 4.79 Å². The average Bonchev–Trinajstić information content (AvgIpc) is 2.43. The third kappa shape index (κ3) is 3.79. The van der Waals surface area contributed by atoms with Crippen molar-refractivity contribution in [1.82, 2.24) is 5.32 Å². The molecule has 2 N–H and O–H groups in total. The van der Waals surface area contributed by atoms with Crippen LogP contribution in [0, 0.1) is 32.4 Å². The topological polar surface area (TPSA) is 49.3 Å². The zero-order valence-electron chi connectivity index (χ0n) is 14.2. The number of amides is 1. The van der Waals surface area contributed by atoms with E-state index in [4.69, 9.17) is 0 Å². The normalized spacial score (nSPS) is 13.5. The van der Waals surface area contributed by atoms with Gasteiger partial charge in [-0.2, -0.15) is 0 Å². The molecule has 0 aromatic heterocycles. The van der Waals surface area contributed by atoms with Gasteiger partial charge in [0.05, 0.1) is 6.54 Å². The maximum atomic E-state index is 13.9. The number of aryl methyl sites for hydroxylation is 3. The summed E-state index contributed by atoms with van der Waals surface area (Å²) >= 11 is 0. The summed E-state index contributed by atoms with van der Waals surface area (Å²) in [6.45, 7) is 6.81. The molecule has 0 bridgehead atoms. The summed E-state index contributed by atoms with van der Waals surface area (Å²) in [5.41, 5.74) is 1.54.